The summed E-state index contributed by atoms with van der Waals surface area (Å²) in [5, 5.41) is 0. The topological polar surface area (TPSA) is 3.24 Å². The van der Waals surface area contributed by atoms with E-state index in [0.717, 1.165) is 47.6 Å². The fourth-order valence-corrected chi connectivity index (χ4v) is 4.48. The van der Waals surface area contributed by atoms with Crippen molar-refractivity contribution in [1.82, 2.24) is 4.90 Å². The summed E-state index contributed by atoms with van der Waals surface area (Å²) in [6.07, 6.45) is 2.70. The Labute approximate surface area is 829 Å². The predicted octanol–water partition coefficient (Wildman–Crippen LogP) is 14.5. The maximum atomic E-state index is 2.61. The van der Waals surface area contributed by atoms with Crippen molar-refractivity contribution in [1.29, 1.82) is 0 Å². The fourth-order valence-electron chi connectivity index (χ4n) is 4.48. The standard InChI is InChI=1S/C10H21N.C9H18.C3H8.4C2H6.3CH4.4CH3.H3P.18Y/c1-6-11-9(4)7(2)8(3)10(11)5;1-6-5-7(2)9(4)8(6)3;1-3-2;4*1-2;;;;;;;;;;;;;;;;;;;;;;;;;;/h7-10H,6H2,1-5H3;6-9H,5H2,1-4H3;3H2,1-2H3;4*1-2H3;3*1H4;5*1H3;;;;;;;;;;;;;;;;;;/q;;;;;;;;;;4*-1;;;;;;;;;;;;;;;;;;;/t7-,8+,9-,10+;6-,7+,8-,9+;;;;;;;;;;;;;;;;;;;;;;;;;;;;;;;. The molecule has 0 aromatic heterocycles. The molecule has 57 heavy (non-hydrogen) atoms. The first kappa shape index (κ1) is 210. The van der Waals surface area contributed by atoms with E-state index < -0.39 is 0 Å². The van der Waals surface area contributed by atoms with E-state index in [4.69, 9.17) is 0 Å². The molecule has 2 rings (SSSR count). The third kappa shape index (κ3) is 124. The van der Waals surface area contributed by atoms with Crippen LogP contribution in [0.25, 0.3) is 0 Å². The van der Waals surface area contributed by atoms with Gasteiger partial charge in [0.25, 0.3) is 0 Å². The molecule has 0 spiro atoms. The molecule has 2 aliphatic rings. The van der Waals surface area contributed by atoms with Gasteiger partial charge < -0.3 is 29.7 Å². The summed E-state index contributed by atoms with van der Waals surface area (Å²) >= 11 is 0. The van der Waals surface area contributed by atoms with Crippen LogP contribution in [0.5, 0.6) is 0 Å². The Morgan fingerprint density at radius 2 is 0.456 bits per heavy atom. The Balaban J connectivity index is -0.00000000481. The molecular formula is C37H98NPY18-4. The summed E-state index contributed by atoms with van der Waals surface area (Å²) in [6, 6.07) is 1.56. The van der Waals surface area contributed by atoms with Crippen molar-refractivity contribution in [3.05, 3.63) is 29.7 Å². The average molecular weight is 2190 g/mol. The Morgan fingerprint density at radius 1 is 0.333 bits per heavy atom. The van der Waals surface area contributed by atoms with E-state index in [1.54, 1.807) is 0 Å². The van der Waals surface area contributed by atoms with Crippen molar-refractivity contribution in [2.45, 2.75) is 179 Å². The Kier molecular flexibility index (Phi) is 630. The Morgan fingerprint density at radius 3 is 0.509 bits per heavy atom. The summed E-state index contributed by atoms with van der Waals surface area (Å²) in [5.74, 6) is 5.58. The zero-order valence-electron chi connectivity index (χ0n) is 41.3. The Hall–Kier alpha value is 20.3. The molecule has 20 heteroatoms. The molecule has 1 aliphatic heterocycles. The monoisotopic (exact) mass is 2190 g/mol. The zero-order chi connectivity index (χ0) is 26.3. The van der Waals surface area contributed by atoms with Crippen LogP contribution in [0.2, 0.25) is 0 Å². The minimum Gasteiger partial charge on any atom is -0.358 e. The van der Waals surface area contributed by atoms with E-state index in [1.807, 2.05) is 55.4 Å². The van der Waals surface area contributed by atoms with Crippen LogP contribution in [0, 0.1) is 65.2 Å². The molecule has 1 saturated carbocycles. The number of hydrogen-bond acceptors (Lipinski definition) is 1. The van der Waals surface area contributed by atoms with Gasteiger partial charge in [-0.3, -0.25) is 4.90 Å². The second kappa shape index (κ2) is 171. The first-order valence-electron chi connectivity index (χ1n) is 14.4. The van der Waals surface area contributed by atoms with E-state index in [0.29, 0.717) is 0 Å². The first-order chi connectivity index (χ1) is 14.6. The van der Waals surface area contributed by atoms with Gasteiger partial charge in [-0.05, 0) is 62.3 Å². The molecule has 0 aromatic rings. The molecule has 314 valence electrons. The maximum absolute atomic E-state index is 2.61. The van der Waals surface area contributed by atoms with Crippen LogP contribution in [0.15, 0.2) is 0 Å². The maximum Gasteiger partial charge on any atom is 0.00984 e. The van der Waals surface area contributed by atoms with Gasteiger partial charge in [0, 0.05) is 601 Å². The van der Waals surface area contributed by atoms with E-state index in [1.165, 1.54) is 19.4 Å². The normalized spacial score (nSPS) is 17.9. The number of nitrogens with zero attached hydrogens (tertiary/aromatic N) is 1. The summed E-state index contributed by atoms with van der Waals surface area (Å²) in [6.45, 7) is 42.7. The van der Waals surface area contributed by atoms with Crippen molar-refractivity contribution in [2.24, 2.45) is 35.5 Å². The van der Waals surface area contributed by atoms with Crippen molar-refractivity contribution in [3.63, 3.8) is 0 Å². The van der Waals surface area contributed by atoms with E-state index in [2.05, 4.69) is 81.1 Å². The van der Waals surface area contributed by atoms with Gasteiger partial charge in [-0.2, -0.15) is 9.90 Å². The van der Waals surface area contributed by atoms with Gasteiger partial charge in [0.15, 0.2) is 0 Å². The van der Waals surface area contributed by atoms with Crippen molar-refractivity contribution in [3.8, 4) is 0 Å². The van der Waals surface area contributed by atoms with E-state index in [-0.39, 0.29) is 651 Å². The number of rotatable bonds is 1. The molecular weight excluding hydrogens is 2090 g/mol. The first-order valence-corrected chi connectivity index (χ1v) is 14.4. The van der Waals surface area contributed by atoms with Gasteiger partial charge in [-0.25, -0.2) is 0 Å². The molecule has 1 unspecified atom stereocenters. The van der Waals surface area contributed by atoms with Crippen molar-refractivity contribution >= 4 is 9.90 Å². The van der Waals surface area contributed by atoms with Crippen LogP contribution in [0.3, 0.4) is 0 Å². The molecule has 18 radical (unpaired) electrons. The minimum absolute atomic E-state index is 0. The van der Waals surface area contributed by atoms with E-state index in [9.17, 15) is 0 Å². The van der Waals surface area contributed by atoms with Crippen molar-refractivity contribution in [2.75, 3.05) is 6.54 Å². The van der Waals surface area contributed by atoms with Gasteiger partial charge in [0.05, 0.1) is 0 Å². The summed E-state index contributed by atoms with van der Waals surface area (Å²) in [5.41, 5.74) is 0. The molecule has 2 fully saturated rings. The van der Waals surface area contributed by atoms with Crippen molar-refractivity contribution < 1.29 is 589 Å². The average Bonchev–Trinajstić information content (AvgIpc) is 3.15. The van der Waals surface area contributed by atoms with Crippen LogP contribution >= 0.6 is 9.90 Å². The molecule has 0 bridgehead atoms. The predicted molar refractivity (Wildman–Crippen MR) is 209 cm³/mol. The van der Waals surface area contributed by atoms with Gasteiger partial charge >= 0.3 is 0 Å². The molecule has 0 aromatic carbocycles. The minimum atomic E-state index is 0. The van der Waals surface area contributed by atoms with Crippen LogP contribution in [-0.2, 0) is 589 Å². The molecule has 1 saturated heterocycles. The van der Waals surface area contributed by atoms with Crippen LogP contribution in [-0.4, -0.2) is 23.5 Å². The second-order valence-corrected chi connectivity index (χ2v) is 8.65. The molecule has 1 nitrogen and oxygen atoms in total. The Bertz CT molecular complexity index is 333. The summed E-state index contributed by atoms with van der Waals surface area (Å²) < 4.78 is 0. The molecule has 9 atom stereocenters. The van der Waals surface area contributed by atoms with Crippen LogP contribution < -0.4 is 0 Å². The smallest absolute Gasteiger partial charge is 0.00984 e. The van der Waals surface area contributed by atoms with Crippen LogP contribution in [0.1, 0.15) is 167 Å². The second-order valence-electron chi connectivity index (χ2n) is 8.65. The molecule has 1 aliphatic carbocycles. The van der Waals surface area contributed by atoms with Gasteiger partial charge in [-0.1, -0.05) is 146 Å². The SMILES string of the molecule is C.C.C.CC.CC.CC.CC.CCC.CCN1[C@H](C)[C@H](C)[C@H](C)[C@@H]1C.C[C@@H]1[C@H](C)[C@H](C)C[C@@H]1C.P.[CH3-].[CH3-].[CH3-].[CH3-].[Y].[Y].[Y].[Y].[Y].[Y].[Y].[Y].[Y].[Y].[Y].[Y].[Y].[Y].[Y].[Y].[Y].[Y]. The summed E-state index contributed by atoms with van der Waals surface area (Å²) in [7, 11) is 0. The number of likely N-dealkylation sites (tertiary alicyclic amines) is 1. The third-order valence-corrected chi connectivity index (χ3v) is 7.13. The number of hydrogen-bond donors (Lipinski definition) is 0. The zero-order valence-corrected chi connectivity index (χ0v) is 93.8. The molecule has 0 amide bonds. The third-order valence-electron chi connectivity index (χ3n) is 7.13. The largest absolute Gasteiger partial charge is 0.358 e. The summed E-state index contributed by atoms with van der Waals surface area (Å²) in [4.78, 5) is 2.61. The molecule has 0 N–H and O–H groups in total. The van der Waals surface area contributed by atoms with Crippen LogP contribution in [0.4, 0.5) is 0 Å². The van der Waals surface area contributed by atoms with Gasteiger partial charge in [0.1, 0.15) is 0 Å². The quantitative estimate of drug-likeness (QED) is 0.187. The fraction of sp³-hybridized carbons (Fsp3) is 0.892. The van der Waals surface area contributed by atoms with Gasteiger partial charge in [-0.15, -0.1) is 0 Å². The van der Waals surface area contributed by atoms with E-state index >= 15 is 0 Å². The molecule has 1 heterocycles. The van der Waals surface area contributed by atoms with Gasteiger partial charge in [0.2, 0.25) is 0 Å².